The van der Waals surface area contributed by atoms with Crippen molar-refractivity contribution in [1.29, 1.82) is 0 Å². The van der Waals surface area contributed by atoms with Crippen LogP contribution in [0.5, 0.6) is 5.75 Å². The van der Waals surface area contributed by atoms with Crippen LogP contribution in [0.15, 0.2) is 34.6 Å². The second kappa shape index (κ2) is 3.95. The molecular weight excluding hydrogens is 240 g/mol. The first-order chi connectivity index (χ1) is 8.34. The van der Waals surface area contributed by atoms with Crippen molar-refractivity contribution in [1.82, 2.24) is 20.1 Å². The van der Waals surface area contributed by atoms with E-state index in [2.05, 4.69) is 20.1 Å². The van der Waals surface area contributed by atoms with Crippen molar-refractivity contribution in [3.05, 3.63) is 30.0 Å². The Morgan fingerprint density at radius 1 is 1.35 bits per heavy atom. The van der Waals surface area contributed by atoms with Crippen LogP contribution in [-0.4, -0.2) is 25.2 Å². The van der Waals surface area contributed by atoms with E-state index in [1.807, 2.05) is 0 Å². The average Bonchev–Trinajstić information content (AvgIpc) is 3.00. The molecule has 84 valence electrons. The molecule has 3 aromatic rings. The summed E-state index contributed by atoms with van der Waals surface area (Å²) in [7, 11) is 0. The van der Waals surface area contributed by atoms with E-state index >= 15 is 0 Å². The van der Waals surface area contributed by atoms with Gasteiger partial charge in [0.25, 0.3) is 5.89 Å². The summed E-state index contributed by atoms with van der Waals surface area (Å²) in [6, 6.07) is 3.14. The van der Waals surface area contributed by atoms with Crippen molar-refractivity contribution in [2.45, 2.75) is 0 Å². The highest BCUT2D eigenvalue weighted by Crippen LogP contribution is 2.27. The van der Waals surface area contributed by atoms with Crippen molar-refractivity contribution in [3.8, 4) is 28.0 Å². The molecule has 17 heavy (non-hydrogen) atoms. The average molecular weight is 246 g/mol. The molecule has 0 aromatic carbocycles. The Bertz CT molecular complexity index is 635. The lowest BCUT2D eigenvalue weighted by molar-refractivity contribution is 0.423. The van der Waals surface area contributed by atoms with Gasteiger partial charge in [0.1, 0.15) is 5.75 Å². The van der Waals surface area contributed by atoms with Crippen LogP contribution in [0.2, 0.25) is 0 Å². The standard InChI is InChI=1S/C10H6N4O2S/c15-6-2-1-3-12-8(6)10-13-9(14-16-10)7-4-11-5-17-7/h1-5,15H. The van der Waals surface area contributed by atoms with Crippen LogP contribution in [0.4, 0.5) is 0 Å². The van der Waals surface area contributed by atoms with Crippen molar-refractivity contribution < 1.29 is 9.63 Å². The fourth-order valence-corrected chi connectivity index (χ4v) is 1.85. The zero-order valence-corrected chi connectivity index (χ0v) is 9.26. The minimum Gasteiger partial charge on any atom is -0.505 e. The summed E-state index contributed by atoms with van der Waals surface area (Å²) >= 11 is 1.41. The highest BCUT2D eigenvalue weighted by molar-refractivity contribution is 7.13. The Morgan fingerprint density at radius 2 is 2.29 bits per heavy atom. The summed E-state index contributed by atoms with van der Waals surface area (Å²) in [5, 5.41) is 13.4. The SMILES string of the molecule is Oc1cccnc1-c1nc(-c2cncs2)no1. The van der Waals surface area contributed by atoms with Gasteiger partial charge < -0.3 is 9.63 Å². The smallest absolute Gasteiger partial charge is 0.280 e. The van der Waals surface area contributed by atoms with E-state index in [9.17, 15) is 5.11 Å². The van der Waals surface area contributed by atoms with Crippen LogP contribution in [0.3, 0.4) is 0 Å². The molecule has 0 bridgehead atoms. The molecular formula is C10H6N4O2S. The molecule has 0 unspecified atom stereocenters. The molecule has 0 amide bonds. The first-order valence-electron chi connectivity index (χ1n) is 4.71. The minimum absolute atomic E-state index is 0.00649. The van der Waals surface area contributed by atoms with E-state index in [0.717, 1.165) is 4.88 Å². The molecule has 6 nitrogen and oxygen atoms in total. The van der Waals surface area contributed by atoms with Crippen LogP contribution in [0.1, 0.15) is 0 Å². The zero-order chi connectivity index (χ0) is 11.7. The summed E-state index contributed by atoms with van der Waals surface area (Å²) < 4.78 is 5.05. The lowest BCUT2D eigenvalue weighted by Crippen LogP contribution is -1.83. The molecule has 7 heteroatoms. The molecule has 0 spiro atoms. The summed E-state index contributed by atoms with van der Waals surface area (Å²) in [4.78, 5) is 12.9. The molecule has 0 aliphatic rings. The van der Waals surface area contributed by atoms with Gasteiger partial charge in [-0.3, -0.25) is 4.98 Å². The van der Waals surface area contributed by atoms with Gasteiger partial charge in [-0.1, -0.05) is 5.16 Å². The molecule has 0 radical (unpaired) electrons. The van der Waals surface area contributed by atoms with Gasteiger partial charge in [0.2, 0.25) is 5.82 Å². The highest BCUT2D eigenvalue weighted by atomic mass is 32.1. The van der Waals surface area contributed by atoms with Gasteiger partial charge in [-0.2, -0.15) is 4.98 Å². The van der Waals surface area contributed by atoms with E-state index in [-0.39, 0.29) is 17.3 Å². The third-order valence-electron chi connectivity index (χ3n) is 2.07. The molecule has 0 saturated heterocycles. The van der Waals surface area contributed by atoms with Crippen molar-refractivity contribution in [3.63, 3.8) is 0 Å². The fourth-order valence-electron chi connectivity index (χ4n) is 1.31. The lowest BCUT2D eigenvalue weighted by Gasteiger charge is -1.95. The third-order valence-corrected chi connectivity index (χ3v) is 2.84. The predicted octanol–water partition coefficient (Wildman–Crippen LogP) is 1.96. The Kier molecular flexibility index (Phi) is 2.30. The summed E-state index contributed by atoms with van der Waals surface area (Å²) in [6.07, 6.45) is 3.20. The second-order valence-electron chi connectivity index (χ2n) is 3.16. The molecule has 3 heterocycles. The van der Waals surface area contributed by atoms with E-state index in [1.165, 1.54) is 17.4 Å². The molecule has 0 fully saturated rings. The maximum absolute atomic E-state index is 9.60. The maximum Gasteiger partial charge on any atom is 0.280 e. The molecule has 3 aromatic heterocycles. The van der Waals surface area contributed by atoms with Gasteiger partial charge in [0.05, 0.1) is 10.4 Å². The monoisotopic (exact) mass is 246 g/mol. The van der Waals surface area contributed by atoms with Gasteiger partial charge in [0, 0.05) is 12.4 Å². The Balaban J connectivity index is 2.04. The van der Waals surface area contributed by atoms with E-state index in [0.29, 0.717) is 5.82 Å². The third kappa shape index (κ3) is 1.76. The molecule has 1 N–H and O–H groups in total. The van der Waals surface area contributed by atoms with Crippen LogP contribution >= 0.6 is 11.3 Å². The number of aromatic nitrogens is 4. The Morgan fingerprint density at radius 3 is 3.06 bits per heavy atom. The molecule has 0 aliphatic carbocycles. The zero-order valence-electron chi connectivity index (χ0n) is 8.44. The maximum atomic E-state index is 9.60. The largest absolute Gasteiger partial charge is 0.505 e. The van der Waals surface area contributed by atoms with Crippen LogP contribution in [0, 0.1) is 0 Å². The first-order valence-corrected chi connectivity index (χ1v) is 5.59. The summed E-state index contributed by atoms with van der Waals surface area (Å²) in [6.45, 7) is 0. The van der Waals surface area contributed by atoms with Crippen LogP contribution < -0.4 is 0 Å². The first kappa shape index (κ1) is 9.91. The topological polar surface area (TPSA) is 84.9 Å². The Hall–Kier alpha value is -2.28. The predicted molar refractivity (Wildman–Crippen MR) is 60.3 cm³/mol. The lowest BCUT2D eigenvalue weighted by atomic mass is 10.3. The van der Waals surface area contributed by atoms with Gasteiger partial charge in [-0.15, -0.1) is 11.3 Å². The number of hydrogen-bond donors (Lipinski definition) is 1. The van der Waals surface area contributed by atoms with Gasteiger partial charge >= 0.3 is 0 Å². The van der Waals surface area contributed by atoms with Crippen LogP contribution in [-0.2, 0) is 0 Å². The fraction of sp³-hybridized carbons (Fsp3) is 0. The molecule has 0 aliphatic heterocycles. The van der Waals surface area contributed by atoms with Gasteiger partial charge in [-0.25, -0.2) is 4.98 Å². The number of aromatic hydroxyl groups is 1. The van der Waals surface area contributed by atoms with E-state index < -0.39 is 0 Å². The van der Waals surface area contributed by atoms with Crippen LogP contribution in [0.25, 0.3) is 22.3 Å². The van der Waals surface area contributed by atoms with E-state index in [4.69, 9.17) is 4.52 Å². The number of nitrogens with zero attached hydrogens (tertiary/aromatic N) is 4. The van der Waals surface area contributed by atoms with Gasteiger partial charge in [-0.05, 0) is 12.1 Å². The van der Waals surface area contributed by atoms with Crippen molar-refractivity contribution in [2.24, 2.45) is 0 Å². The molecule has 0 atom stereocenters. The highest BCUT2D eigenvalue weighted by Gasteiger charge is 2.15. The Labute approximate surface area is 99.6 Å². The number of hydrogen-bond acceptors (Lipinski definition) is 7. The van der Waals surface area contributed by atoms with Gasteiger partial charge in [0.15, 0.2) is 5.69 Å². The number of rotatable bonds is 2. The van der Waals surface area contributed by atoms with E-state index in [1.54, 1.807) is 24.0 Å². The molecule has 3 rings (SSSR count). The number of thiazole rings is 1. The number of pyridine rings is 1. The summed E-state index contributed by atoms with van der Waals surface area (Å²) in [5.74, 6) is 0.631. The summed E-state index contributed by atoms with van der Waals surface area (Å²) in [5.41, 5.74) is 1.96. The minimum atomic E-state index is 0.00649. The second-order valence-corrected chi connectivity index (χ2v) is 4.05. The quantitative estimate of drug-likeness (QED) is 0.744. The molecule has 0 saturated carbocycles. The normalized spacial score (nSPS) is 10.6. The van der Waals surface area contributed by atoms with Crippen molar-refractivity contribution >= 4 is 11.3 Å². The van der Waals surface area contributed by atoms with Crippen molar-refractivity contribution in [2.75, 3.05) is 0 Å².